The molecule has 2 aliphatic rings. The number of carbonyl (C=O) groups excluding carboxylic acids is 5. The van der Waals surface area contributed by atoms with Crippen molar-refractivity contribution in [2.24, 2.45) is 0 Å². The van der Waals surface area contributed by atoms with Crippen molar-refractivity contribution in [2.75, 3.05) is 13.2 Å². The molecule has 57 heavy (non-hydrogen) atoms. The number of aliphatic hydroxyl groups excluding tert-OH is 1. The van der Waals surface area contributed by atoms with E-state index in [-0.39, 0.29) is 18.8 Å². The quantitative estimate of drug-likeness (QED) is 0.164. The minimum Gasteiger partial charge on any atom is -0.463 e. The third-order valence-corrected chi connectivity index (χ3v) is 8.81. The predicted molar refractivity (Wildman–Crippen MR) is 194 cm³/mol. The molecular weight excluding hydrogens is 748 g/mol. The van der Waals surface area contributed by atoms with E-state index in [1.165, 1.54) is 0 Å². The van der Waals surface area contributed by atoms with E-state index in [1.54, 1.807) is 30.3 Å². The zero-order valence-corrected chi connectivity index (χ0v) is 31.8. The van der Waals surface area contributed by atoms with Crippen molar-refractivity contribution >= 4 is 29.8 Å². The van der Waals surface area contributed by atoms with Crippen molar-refractivity contribution < 1.29 is 76.4 Å². The minimum atomic E-state index is -1.68. The molecule has 16 heteroatoms. The van der Waals surface area contributed by atoms with E-state index in [9.17, 15) is 29.1 Å². The Bertz CT molecular complexity index is 1770. The summed E-state index contributed by atoms with van der Waals surface area (Å²) >= 11 is 0. The molecule has 306 valence electrons. The van der Waals surface area contributed by atoms with Crippen LogP contribution in [0.4, 0.5) is 0 Å². The molecule has 5 rings (SSSR count). The first kappa shape index (κ1) is 42.9. The molecule has 0 saturated carbocycles. The molecule has 0 spiro atoms. The van der Waals surface area contributed by atoms with Gasteiger partial charge in [-0.05, 0) is 23.3 Å². The maximum atomic E-state index is 13.1. The van der Waals surface area contributed by atoms with E-state index in [0.29, 0.717) is 0 Å². The monoisotopic (exact) mass is 794 g/mol. The Morgan fingerprint density at radius 1 is 0.526 bits per heavy atom. The van der Waals surface area contributed by atoms with Crippen molar-refractivity contribution in [2.45, 2.75) is 102 Å². The summed E-state index contributed by atoms with van der Waals surface area (Å²) in [5.41, 5.74) is 1.76. The topological polar surface area (TPSA) is 198 Å². The Kier molecular flexibility index (Phi) is 15.7. The summed E-state index contributed by atoms with van der Waals surface area (Å²) in [7, 11) is 0. The molecule has 0 unspecified atom stereocenters. The average molecular weight is 795 g/mol. The predicted octanol–water partition coefficient (Wildman–Crippen LogP) is 3.20. The molecule has 0 amide bonds. The minimum absolute atomic E-state index is 0.0105. The molecule has 2 heterocycles. The van der Waals surface area contributed by atoms with Gasteiger partial charge in [0.15, 0.2) is 30.9 Å². The lowest BCUT2D eigenvalue weighted by molar-refractivity contribution is -0.364. The molecule has 2 saturated heterocycles. The molecule has 2 fully saturated rings. The largest absolute Gasteiger partial charge is 0.463 e. The second-order valence-electron chi connectivity index (χ2n) is 13.2. The fraction of sp³-hybridized carbons (Fsp3) is 0.439. The molecule has 2 aliphatic heterocycles. The van der Waals surface area contributed by atoms with E-state index in [2.05, 4.69) is 0 Å². The van der Waals surface area contributed by atoms with Gasteiger partial charge in [-0.3, -0.25) is 19.2 Å². The summed E-state index contributed by atoms with van der Waals surface area (Å²) in [4.78, 5) is 62.5. The second-order valence-corrected chi connectivity index (χ2v) is 13.2. The fourth-order valence-electron chi connectivity index (χ4n) is 6.36. The number of hydrogen-bond donors (Lipinski definition) is 1. The SMILES string of the molecule is CC(=O)OC[C@H]1O[C@@H](O[C@@H]2[C@H](OCc3ccccc3)[C@@H](OCc3ccccc3)[C@@H](O)O[C@@H]2COC(=O)c2ccccc2)[C@H](OC(C)=O)[C@@H](OC(C)=O)[C@H]1OC(C)=O. The first-order valence-corrected chi connectivity index (χ1v) is 18.2. The molecule has 0 aromatic heterocycles. The van der Waals surface area contributed by atoms with Gasteiger partial charge in [-0.15, -0.1) is 0 Å². The Labute approximate surface area is 329 Å². The summed E-state index contributed by atoms with van der Waals surface area (Å²) in [6.07, 6.45) is -14.4. The van der Waals surface area contributed by atoms with Gasteiger partial charge in [0.25, 0.3) is 0 Å². The average Bonchev–Trinajstić information content (AvgIpc) is 3.18. The van der Waals surface area contributed by atoms with Crippen LogP contribution in [0.3, 0.4) is 0 Å². The van der Waals surface area contributed by atoms with Crippen LogP contribution in [-0.2, 0) is 79.8 Å². The Morgan fingerprint density at radius 3 is 1.54 bits per heavy atom. The molecule has 0 radical (unpaired) electrons. The molecule has 0 bridgehead atoms. The van der Waals surface area contributed by atoms with Gasteiger partial charge >= 0.3 is 29.8 Å². The lowest BCUT2D eigenvalue weighted by Crippen LogP contribution is -2.66. The van der Waals surface area contributed by atoms with Gasteiger partial charge in [0, 0.05) is 27.7 Å². The first-order chi connectivity index (χ1) is 27.4. The number of hydrogen-bond acceptors (Lipinski definition) is 16. The summed E-state index contributed by atoms with van der Waals surface area (Å²) in [5, 5.41) is 11.5. The number of ether oxygens (including phenoxy) is 10. The zero-order chi connectivity index (χ0) is 40.9. The van der Waals surface area contributed by atoms with E-state index in [4.69, 9.17) is 47.4 Å². The smallest absolute Gasteiger partial charge is 0.338 e. The zero-order valence-electron chi connectivity index (χ0n) is 31.8. The highest BCUT2D eigenvalue weighted by molar-refractivity contribution is 5.89. The highest BCUT2D eigenvalue weighted by Gasteiger charge is 2.56. The molecule has 3 aromatic rings. The Morgan fingerprint density at radius 2 is 1.00 bits per heavy atom. The Balaban J connectivity index is 1.56. The molecule has 3 aromatic carbocycles. The summed E-state index contributed by atoms with van der Waals surface area (Å²) in [6.45, 7) is 3.45. The van der Waals surface area contributed by atoms with Gasteiger partial charge in [0.1, 0.15) is 43.7 Å². The number of rotatable bonds is 16. The van der Waals surface area contributed by atoms with Crippen molar-refractivity contribution in [3.8, 4) is 0 Å². The summed E-state index contributed by atoms with van der Waals surface area (Å²) in [6, 6.07) is 26.4. The second kappa shape index (κ2) is 20.8. The van der Waals surface area contributed by atoms with E-state index < -0.39 is 104 Å². The van der Waals surface area contributed by atoms with Gasteiger partial charge in [0.05, 0.1) is 18.8 Å². The number of benzene rings is 3. The lowest BCUT2D eigenvalue weighted by atomic mass is 9.96. The number of aliphatic hydroxyl groups is 1. The maximum absolute atomic E-state index is 13.1. The third-order valence-electron chi connectivity index (χ3n) is 8.81. The van der Waals surface area contributed by atoms with Crippen LogP contribution >= 0.6 is 0 Å². The van der Waals surface area contributed by atoms with E-state index in [0.717, 1.165) is 38.8 Å². The normalized spacial score (nSPS) is 27.0. The van der Waals surface area contributed by atoms with Crippen LogP contribution in [-0.4, -0.2) is 110 Å². The van der Waals surface area contributed by atoms with Gasteiger partial charge in [0.2, 0.25) is 0 Å². The first-order valence-electron chi connectivity index (χ1n) is 18.2. The Hall–Kier alpha value is -5.23. The highest BCUT2D eigenvalue weighted by Crippen LogP contribution is 2.35. The number of carbonyl (C=O) groups is 5. The van der Waals surface area contributed by atoms with Crippen LogP contribution in [0, 0.1) is 0 Å². The highest BCUT2D eigenvalue weighted by atomic mass is 16.8. The van der Waals surface area contributed by atoms with Crippen molar-refractivity contribution in [3.63, 3.8) is 0 Å². The van der Waals surface area contributed by atoms with Crippen LogP contribution in [0.5, 0.6) is 0 Å². The van der Waals surface area contributed by atoms with Crippen molar-refractivity contribution in [1.82, 2.24) is 0 Å². The number of esters is 5. The van der Waals surface area contributed by atoms with Gasteiger partial charge in [-0.1, -0.05) is 78.9 Å². The molecular formula is C41H46O16. The van der Waals surface area contributed by atoms with E-state index in [1.807, 2.05) is 60.7 Å². The van der Waals surface area contributed by atoms with Crippen LogP contribution in [0.2, 0.25) is 0 Å². The summed E-state index contributed by atoms with van der Waals surface area (Å²) in [5.74, 6) is -3.90. The van der Waals surface area contributed by atoms with E-state index >= 15 is 0 Å². The van der Waals surface area contributed by atoms with Crippen LogP contribution in [0.15, 0.2) is 91.0 Å². The van der Waals surface area contributed by atoms with Gasteiger partial charge < -0.3 is 52.5 Å². The lowest BCUT2D eigenvalue weighted by Gasteiger charge is -2.48. The molecule has 0 aliphatic carbocycles. The van der Waals surface area contributed by atoms with Gasteiger partial charge in [-0.2, -0.15) is 0 Å². The van der Waals surface area contributed by atoms with Crippen molar-refractivity contribution in [1.29, 1.82) is 0 Å². The molecule has 16 nitrogen and oxygen atoms in total. The standard InChI is InChI=1S/C41H46O16/c1-24(42)48-22-32-34(52-25(2)43)36(53-26(3)44)38(54-27(4)45)41(56-32)57-33-31(23-51-39(46)30-18-12-7-13-19-30)55-40(47)37(50-21-29-16-10-6-11-17-29)35(33)49-20-28-14-8-5-9-15-28/h5-19,31-38,40-41,47H,20-23H2,1-4H3/t31-,32-,33+,34+,35+,36+,37-,38-,40+,41+/m1/s1. The fourth-order valence-corrected chi connectivity index (χ4v) is 6.36. The van der Waals surface area contributed by atoms with Crippen LogP contribution < -0.4 is 0 Å². The van der Waals surface area contributed by atoms with Crippen LogP contribution in [0.25, 0.3) is 0 Å². The molecule has 10 atom stereocenters. The van der Waals surface area contributed by atoms with Crippen LogP contribution in [0.1, 0.15) is 49.2 Å². The molecule has 1 N–H and O–H groups in total. The van der Waals surface area contributed by atoms with Gasteiger partial charge in [-0.25, -0.2) is 4.79 Å². The third kappa shape index (κ3) is 12.4. The maximum Gasteiger partial charge on any atom is 0.338 e. The van der Waals surface area contributed by atoms with Crippen molar-refractivity contribution in [3.05, 3.63) is 108 Å². The summed E-state index contributed by atoms with van der Waals surface area (Å²) < 4.78 is 59.3.